The first-order valence-electron chi connectivity index (χ1n) is 6.07. The number of hydrogen-bond acceptors (Lipinski definition) is 5. The summed E-state index contributed by atoms with van der Waals surface area (Å²) in [6, 6.07) is 5.84. The van der Waals surface area contributed by atoms with Crippen molar-refractivity contribution in [2.75, 3.05) is 12.3 Å². The fourth-order valence-corrected chi connectivity index (χ4v) is 2.10. The minimum Gasteiger partial charge on any atom is -0.437 e. The largest absolute Gasteiger partial charge is 0.437 e. The van der Waals surface area contributed by atoms with Crippen LogP contribution in [0, 0.1) is 0 Å². The van der Waals surface area contributed by atoms with Gasteiger partial charge in [-0.3, -0.25) is 4.79 Å². The molecule has 106 valence electrons. The van der Waals surface area contributed by atoms with Crippen molar-refractivity contribution < 1.29 is 4.74 Å². The second-order valence-electron chi connectivity index (χ2n) is 4.41. The van der Waals surface area contributed by atoms with Crippen LogP contribution in [0.2, 0.25) is 0 Å². The summed E-state index contributed by atoms with van der Waals surface area (Å²) in [5.41, 5.74) is 7.74. The topological polar surface area (TPSA) is 93.0 Å². The molecule has 1 aliphatic heterocycles. The highest BCUT2D eigenvalue weighted by Gasteiger charge is 2.11. The minimum absolute atomic E-state index is 0. The smallest absolute Gasteiger partial charge is 0.277 e. The fraction of sp³-hybridized carbons (Fsp3) is 0.231. The van der Waals surface area contributed by atoms with E-state index in [0.717, 1.165) is 19.5 Å². The molecule has 2 aromatic rings. The van der Waals surface area contributed by atoms with E-state index in [4.69, 9.17) is 10.5 Å². The molecule has 1 aromatic heterocycles. The number of nitrogen functional groups attached to an aromatic ring is 1. The second-order valence-corrected chi connectivity index (χ2v) is 4.41. The van der Waals surface area contributed by atoms with Gasteiger partial charge < -0.3 is 20.8 Å². The summed E-state index contributed by atoms with van der Waals surface area (Å²) < 4.78 is 5.58. The maximum Gasteiger partial charge on any atom is 0.277 e. The van der Waals surface area contributed by atoms with E-state index in [2.05, 4.69) is 15.3 Å². The van der Waals surface area contributed by atoms with E-state index in [1.165, 1.54) is 17.5 Å². The summed E-state index contributed by atoms with van der Waals surface area (Å²) in [6.45, 7) is 1.84. The molecular formula is C13H15ClN4O2. The Morgan fingerprint density at radius 3 is 3.00 bits per heavy atom. The number of rotatable bonds is 2. The lowest BCUT2D eigenvalue weighted by Crippen LogP contribution is -2.23. The van der Waals surface area contributed by atoms with Crippen molar-refractivity contribution in [2.45, 2.75) is 13.0 Å². The summed E-state index contributed by atoms with van der Waals surface area (Å²) in [6.07, 6.45) is 2.24. The average molecular weight is 295 g/mol. The third kappa shape index (κ3) is 2.76. The van der Waals surface area contributed by atoms with Crippen LogP contribution in [0.5, 0.6) is 11.6 Å². The number of H-pyrrole nitrogens is 1. The maximum atomic E-state index is 11.4. The third-order valence-electron chi connectivity index (χ3n) is 3.13. The number of hydrogen-bond donors (Lipinski definition) is 3. The Morgan fingerprint density at radius 2 is 2.15 bits per heavy atom. The number of fused-ring (bicyclic) bond motifs is 1. The lowest BCUT2D eigenvalue weighted by molar-refractivity contribution is 0.461. The molecule has 0 bridgehead atoms. The van der Waals surface area contributed by atoms with Gasteiger partial charge in [-0.15, -0.1) is 12.4 Å². The number of benzene rings is 1. The number of halogens is 1. The highest BCUT2D eigenvalue weighted by atomic mass is 35.5. The molecular weight excluding hydrogens is 280 g/mol. The number of aromatic amines is 1. The van der Waals surface area contributed by atoms with Crippen LogP contribution in [-0.2, 0) is 13.0 Å². The van der Waals surface area contributed by atoms with E-state index in [9.17, 15) is 4.79 Å². The molecule has 0 unspecified atom stereocenters. The molecule has 0 atom stereocenters. The first kappa shape index (κ1) is 14.4. The molecule has 4 N–H and O–H groups in total. The van der Waals surface area contributed by atoms with E-state index in [0.29, 0.717) is 5.75 Å². The van der Waals surface area contributed by atoms with Gasteiger partial charge in [0.1, 0.15) is 5.75 Å². The molecule has 6 nitrogen and oxygen atoms in total. The molecule has 0 saturated heterocycles. The third-order valence-corrected chi connectivity index (χ3v) is 3.13. The number of nitrogens with zero attached hydrogens (tertiary/aromatic N) is 1. The van der Waals surface area contributed by atoms with Gasteiger partial charge in [-0.2, -0.15) is 0 Å². The zero-order valence-corrected chi connectivity index (χ0v) is 11.5. The highest BCUT2D eigenvalue weighted by molar-refractivity contribution is 5.85. The summed E-state index contributed by atoms with van der Waals surface area (Å²) in [7, 11) is 0. The molecule has 20 heavy (non-hydrogen) atoms. The van der Waals surface area contributed by atoms with Crippen LogP contribution in [0.3, 0.4) is 0 Å². The molecule has 1 aliphatic rings. The van der Waals surface area contributed by atoms with Gasteiger partial charge in [0, 0.05) is 6.54 Å². The maximum absolute atomic E-state index is 11.4. The molecule has 0 saturated carbocycles. The van der Waals surface area contributed by atoms with Gasteiger partial charge in [-0.1, -0.05) is 6.07 Å². The zero-order valence-electron chi connectivity index (χ0n) is 10.7. The summed E-state index contributed by atoms with van der Waals surface area (Å²) in [5.74, 6) is 0.781. The molecule has 1 aromatic carbocycles. The molecule has 0 aliphatic carbocycles. The Morgan fingerprint density at radius 1 is 1.30 bits per heavy atom. The number of nitrogens with two attached hydrogens (primary N) is 1. The van der Waals surface area contributed by atoms with Crippen molar-refractivity contribution in [1.82, 2.24) is 15.3 Å². The van der Waals surface area contributed by atoms with Crippen LogP contribution < -0.4 is 21.3 Å². The van der Waals surface area contributed by atoms with Gasteiger partial charge in [-0.25, -0.2) is 4.98 Å². The summed E-state index contributed by atoms with van der Waals surface area (Å²) in [4.78, 5) is 17.7. The Labute approximate surface area is 121 Å². The van der Waals surface area contributed by atoms with Gasteiger partial charge in [0.15, 0.2) is 5.69 Å². The fourth-order valence-electron chi connectivity index (χ4n) is 2.10. The predicted octanol–water partition coefficient (Wildman–Crippen LogP) is 1.21. The Bertz CT molecular complexity index is 672. The number of anilines is 1. The molecule has 0 radical (unpaired) electrons. The van der Waals surface area contributed by atoms with Crippen molar-refractivity contribution in [3.8, 4) is 11.6 Å². The van der Waals surface area contributed by atoms with Crippen LogP contribution in [0.15, 0.2) is 29.3 Å². The quantitative estimate of drug-likeness (QED) is 0.774. The van der Waals surface area contributed by atoms with Crippen LogP contribution in [0.25, 0.3) is 0 Å². The van der Waals surface area contributed by atoms with Crippen LogP contribution >= 0.6 is 12.4 Å². The Hall–Kier alpha value is -2.05. The number of aromatic nitrogens is 2. The van der Waals surface area contributed by atoms with Gasteiger partial charge in [0.05, 0.1) is 6.33 Å². The van der Waals surface area contributed by atoms with E-state index in [1.807, 2.05) is 18.2 Å². The van der Waals surface area contributed by atoms with Crippen molar-refractivity contribution in [3.63, 3.8) is 0 Å². The minimum atomic E-state index is -0.396. The Kier molecular flexibility index (Phi) is 4.26. The highest BCUT2D eigenvalue weighted by Crippen LogP contribution is 2.25. The van der Waals surface area contributed by atoms with E-state index >= 15 is 0 Å². The molecule has 2 heterocycles. The lowest BCUT2D eigenvalue weighted by atomic mass is 10.0. The summed E-state index contributed by atoms with van der Waals surface area (Å²) >= 11 is 0. The standard InChI is InChI=1S/C13H14N4O2.ClH/c14-11-12(18)16-7-17-13(11)19-10-2-1-9-6-15-4-3-8(9)5-10;/h1-2,5,7,15H,3-4,6,14H2,(H,16,17,18);1H. The van der Waals surface area contributed by atoms with Gasteiger partial charge in [0.25, 0.3) is 5.56 Å². The van der Waals surface area contributed by atoms with Crippen LogP contribution in [0.1, 0.15) is 11.1 Å². The molecule has 0 spiro atoms. The van der Waals surface area contributed by atoms with Gasteiger partial charge >= 0.3 is 0 Å². The summed E-state index contributed by atoms with van der Waals surface area (Å²) in [5, 5.41) is 3.31. The molecule has 3 rings (SSSR count). The SMILES string of the molecule is Cl.Nc1c(Oc2ccc3c(c2)CCNC3)nc[nH]c1=O. The van der Waals surface area contributed by atoms with Crippen LogP contribution in [-0.4, -0.2) is 16.5 Å². The normalized spacial score (nSPS) is 13.2. The Balaban J connectivity index is 0.00000147. The van der Waals surface area contributed by atoms with E-state index < -0.39 is 5.56 Å². The second kappa shape index (κ2) is 5.94. The lowest BCUT2D eigenvalue weighted by Gasteiger charge is -2.17. The van der Waals surface area contributed by atoms with Crippen molar-refractivity contribution >= 4 is 18.1 Å². The average Bonchev–Trinajstić information content (AvgIpc) is 2.44. The molecule has 7 heteroatoms. The monoisotopic (exact) mass is 294 g/mol. The first-order chi connectivity index (χ1) is 9.24. The zero-order chi connectivity index (χ0) is 13.2. The first-order valence-corrected chi connectivity index (χ1v) is 6.07. The van der Waals surface area contributed by atoms with Crippen LogP contribution in [0.4, 0.5) is 5.69 Å². The van der Waals surface area contributed by atoms with Crippen molar-refractivity contribution in [2.24, 2.45) is 0 Å². The number of nitrogens with one attached hydrogen (secondary N) is 2. The van der Waals surface area contributed by atoms with E-state index in [1.54, 1.807) is 0 Å². The van der Waals surface area contributed by atoms with Crippen molar-refractivity contribution in [3.05, 3.63) is 46.0 Å². The van der Waals surface area contributed by atoms with Gasteiger partial charge in [0.2, 0.25) is 5.88 Å². The van der Waals surface area contributed by atoms with Gasteiger partial charge in [-0.05, 0) is 36.2 Å². The van der Waals surface area contributed by atoms with Crippen molar-refractivity contribution in [1.29, 1.82) is 0 Å². The van der Waals surface area contributed by atoms with E-state index in [-0.39, 0.29) is 24.0 Å². The number of ether oxygens (including phenoxy) is 1. The molecule has 0 amide bonds. The molecule has 0 fully saturated rings. The predicted molar refractivity (Wildman–Crippen MR) is 78.4 cm³/mol.